The molecule has 1 heterocycles. The second-order valence-corrected chi connectivity index (χ2v) is 6.35. The van der Waals surface area contributed by atoms with Crippen LogP contribution in [0.15, 0.2) is 36.4 Å². The summed E-state index contributed by atoms with van der Waals surface area (Å²) >= 11 is 12.0. The van der Waals surface area contributed by atoms with Crippen molar-refractivity contribution in [3.63, 3.8) is 0 Å². The topological polar surface area (TPSA) is 47.6 Å². The molecule has 4 nitrogen and oxygen atoms in total. The third kappa shape index (κ3) is 4.34. The molecule has 0 unspecified atom stereocenters. The predicted molar refractivity (Wildman–Crippen MR) is 94.1 cm³/mol. The maximum absolute atomic E-state index is 12.0. The van der Waals surface area contributed by atoms with Gasteiger partial charge in [0.25, 0.3) is 0 Å². The number of hydrogen-bond donors (Lipinski definition) is 1. The van der Waals surface area contributed by atoms with Crippen molar-refractivity contribution in [1.82, 2.24) is 5.32 Å². The fraction of sp³-hybridized carbons (Fsp3) is 0.278. The quantitative estimate of drug-likeness (QED) is 0.870. The van der Waals surface area contributed by atoms with Crippen molar-refractivity contribution in [3.05, 3.63) is 57.6 Å². The summed E-state index contributed by atoms with van der Waals surface area (Å²) in [5.74, 6) is 1.18. The van der Waals surface area contributed by atoms with Crippen LogP contribution in [0.3, 0.4) is 0 Å². The number of fused-ring (bicyclic) bond motifs is 1. The molecule has 1 aliphatic rings. The summed E-state index contributed by atoms with van der Waals surface area (Å²) in [6.07, 6.45) is 1.09. The zero-order valence-corrected chi connectivity index (χ0v) is 14.5. The SMILES string of the molecule is O=C(CCc1ccc(Cl)cc1)NCc1cc(Cl)c2c(c1)OCCO2. The van der Waals surface area contributed by atoms with Crippen LogP contribution in [0, 0.1) is 0 Å². The van der Waals surface area contributed by atoms with Gasteiger partial charge in [0, 0.05) is 18.0 Å². The van der Waals surface area contributed by atoms with Gasteiger partial charge in [-0.05, 0) is 41.8 Å². The molecule has 0 saturated carbocycles. The Bertz CT molecular complexity index is 732. The molecular weight excluding hydrogens is 349 g/mol. The number of nitrogens with one attached hydrogen (secondary N) is 1. The Morgan fingerprint density at radius 2 is 1.79 bits per heavy atom. The highest BCUT2D eigenvalue weighted by Gasteiger charge is 2.16. The van der Waals surface area contributed by atoms with Gasteiger partial charge in [0.15, 0.2) is 11.5 Å². The van der Waals surface area contributed by atoms with E-state index < -0.39 is 0 Å². The molecule has 24 heavy (non-hydrogen) atoms. The maximum Gasteiger partial charge on any atom is 0.220 e. The first kappa shape index (κ1) is 16.9. The van der Waals surface area contributed by atoms with Crippen molar-refractivity contribution in [3.8, 4) is 11.5 Å². The van der Waals surface area contributed by atoms with Crippen LogP contribution in [0.4, 0.5) is 0 Å². The van der Waals surface area contributed by atoms with Gasteiger partial charge in [0.2, 0.25) is 5.91 Å². The van der Waals surface area contributed by atoms with Gasteiger partial charge in [-0.3, -0.25) is 4.79 Å². The summed E-state index contributed by atoms with van der Waals surface area (Å²) in [6, 6.07) is 11.1. The van der Waals surface area contributed by atoms with E-state index in [-0.39, 0.29) is 5.91 Å². The first-order valence-electron chi connectivity index (χ1n) is 7.71. The Balaban J connectivity index is 1.52. The van der Waals surface area contributed by atoms with Crippen LogP contribution in [0.1, 0.15) is 17.5 Å². The number of aryl methyl sites for hydroxylation is 1. The molecule has 6 heteroatoms. The fourth-order valence-electron chi connectivity index (χ4n) is 2.46. The van der Waals surface area contributed by atoms with Gasteiger partial charge in [-0.1, -0.05) is 35.3 Å². The van der Waals surface area contributed by atoms with E-state index in [1.165, 1.54) is 0 Å². The van der Waals surface area contributed by atoms with E-state index in [1.54, 1.807) is 6.07 Å². The number of ether oxygens (including phenoxy) is 2. The molecule has 0 spiro atoms. The molecule has 1 amide bonds. The lowest BCUT2D eigenvalue weighted by Crippen LogP contribution is -2.23. The molecule has 2 aromatic rings. The van der Waals surface area contributed by atoms with Crippen molar-refractivity contribution < 1.29 is 14.3 Å². The lowest BCUT2D eigenvalue weighted by molar-refractivity contribution is -0.121. The summed E-state index contributed by atoms with van der Waals surface area (Å²) < 4.78 is 11.0. The molecule has 1 N–H and O–H groups in total. The van der Waals surface area contributed by atoms with E-state index in [0.29, 0.717) is 54.1 Å². The summed E-state index contributed by atoms with van der Waals surface area (Å²) in [7, 11) is 0. The lowest BCUT2D eigenvalue weighted by atomic mass is 10.1. The molecule has 126 valence electrons. The number of benzene rings is 2. The molecule has 0 fully saturated rings. The number of hydrogen-bond acceptors (Lipinski definition) is 3. The average Bonchev–Trinajstić information content (AvgIpc) is 2.59. The highest BCUT2D eigenvalue weighted by Crippen LogP contribution is 2.38. The van der Waals surface area contributed by atoms with Crippen molar-refractivity contribution >= 4 is 29.1 Å². The van der Waals surface area contributed by atoms with Gasteiger partial charge < -0.3 is 14.8 Å². The lowest BCUT2D eigenvalue weighted by Gasteiger charge is -2.20. The maximum atomic E-state index is 12.0. The minimum absolute atomic E-state index is 0.0176. The van der Waals surface area contributed by atoms with Crippen LogP contribution in [0.25, 0.3) is 0 Å². The van der Waals surface area contributed by atoms with E-state index in [0.717, 1.165) is 11.1 Å². The second kappa shape index (κ2) is 7.77. The van der Waals surface area contributed by atoms with Crippen LogP contribution in [0.2, 0.25) is 10.0 Å². The fourth-order valence-corrected chi connectivity index (χ4v) is 2.88. The van der Waals surface area contributed by atoms with E-state index >= 15 is 0 Å². The van der Waals surface area contributed by atoms with Gasteiger partial charge in [-0.25, -0.2) is 0 Å². The summed E-state index contributed by atoms with van der Waals surface area (Å²) in [5.41, 5.74) is 1.96. The Morgan fingerprint density at radius 3 is 2.58 bits per heavy atom. The van der Waals surface area contributed by atoms with Gasteiger partial charge in [-0.15, -0.1) is 0 Å². The molecular formula is C18H17Cl2NO3. The molecule has 0 radical (unpaired) electrons. The van der Waals surface area contributed by atoms with E-state index in [1.807, 2.05) is 30.3 Å². The van der Waals surface area contributed by atoms with Crippen molar-refractivity contribution in [1.29, 1.82) is 0 Å². The minimum Gasteiger partial charge on any atom is -0.486 e. The Labute approximate surface area is 150 Å². The van der Waals surface area contributed by atoms with Crippen LogP contribution >= 0.6 is 23.2 Å². The number of carbonyl (C=O) groups is 1. The molecule has 3 rings (SSSR count). The molecule has 0 saturated heterocycles. The smallest absolute Gasteiger partial charge is 0.220 e. The van der Waals surface area contributed by atoms with Gasteiger partial charge in [-0.2, -0.15) is 0 Å². The molecule has 0 atom stereocenters. The Morgan fingerprint density at radius 1 is 1.04 bits per heavy atom. The molecule has 2 aromatic carbocycles. The van der Waals surface area contributed by atoms with E-state index in [9.17, 15) is 4.79 Å². The molecule has 0 aromatic heterocycles. The predicted octanol–water partition coefficient (Wildman–Crippen LogP) is 4.01. The standard InChI is InChI=1S/C18H17Cl2NO3/c19-14-4-1-12(2-5-14)3-6-17(22)21-11-13-9-15(20)18-16(10-13)23-7-8-24-18/h1-2,4-5,9-10H,3,6-8,11H2,(H,21,22). The van der Waals surface area contributed by atoms with E-state index in [4.69, 9.17) is 32.7 Å². The zero-order chi connectivity index (χ0) is 16.9. The summed E-state index contributed by atoms with van der Waals surface area (Å²) in [4.78, 5) is 12.0. The number of halogens is 2. The first-order chi connectivity index (χ1) is 11.6. The van der Waals surface area contributed by atoms with Crippen molar-refractivity contribution in [2.45, 2.75) is 19.4 Å². The summed E-state index contributed by atoms with van der Waals surface area (Å²) in [5, 5.41) is 4.09. The van der Waals surface area contributed by atoms with Gasteiger partial charge >= 0.3 is 0 Å². The van der Waals surface area contributed by atoms with Crippen molar-refractivity contribution in [2.24, 2.45) is 0 Å². The monoisotopic (exact) mass is 365 g/mol. The normalized spacial score (nSPS) is 12.8. The third-order valence-corrected chi connectivity index (χ3v) is 4.23. The summed E-state index contributed by atoms with van der Waals surface area (Å²) in [6.45, 7) is 1.39. The Hall–Kier alpha value is -1.91. The average molecular weight is 366 g/mol. The van der Waals surface area contributed by atoms with Crippen LogP contribution < -0.4 is 14.8 Å². The first-order valence-corrected chi connectivity index (χ1v) is 8.46. The van der Waals surface area contributed by atoms with Crippen LogP contribution in [-0.2, 0) is 17.8 Å². The third-order valence-electron chi connectivity index (χ3n) is 3.70. The minimum atomic E-state index is -0.0176. The number of rotatable bonds is 5. The highest BCUT2D eigenvalue weighted by atomic mass is 35.5. The van der Waals surface area contributed by atoms with Crippen molar-refractivity contribution in [2.75, 3.05) is 13.2 Å². The largest absolute Gasteiger partial charge is 0.486 e. The number of amides is 1. The molecule has 0 aliphatic carbocycles. The van der Waals surface area contributed by atoms with Crippen LogP contribution in [-0.4, -0.2) is 19.1 Å². The van der Waals surface area contributed by atoms with E-state index in [2.05, 4.69) is 5.32 Å². The van der Waals surface area contributed by atoms with Gasteiger partial charge in [0.1, 0.15) is 13.2 Å². The Kier molecular flexibility index (Phi) is 5.48. The molecule has 1 aliphatic heterocycles. The van der Waals surface area contributed by atoms with Crippen LogP contribution in [0.5, 0.6) is 11.5 Å². The van der Waals surface area contributed by atoms with Gasteiger partial charge in [0.05, 0.1) is 5.02 Å². The second-order valence-electron chi connectivity index (χ2n) is 5.51. The molecule has 0 bridgehead atoms. The zero-order valence-electron chi connectivity index (χ0n) is 13.0. The number of carbonyl (C=O) groups excluding carboxylic acids is 1. The highest BCUT2D eigenvalue weighted by molar-refractivity contribution is 6.32.